The molecule has 0 N–H and O–H groups in total. The molecule has 7 heterocycles. The molecular weight excluding hydrogens is 536 g/mol. The van der Waals surface area contributed by atoms with Crippen molar-refractivity contribution in [3.63, 3.8) is 0 Å². The summed E-state index contributed by atoms with van der Waals surface area (Å²) < 4.78 is 0. The number of nitrogens with zero attached hydrogens (tertiary/aromatic N) is 16. The highest BCUT2D eigenvalue weighted by Gasteiger charge is 1.63. The van der Waals surface area contributed by atoms with Gasteiger partial charge in [0.15, 0.2) is 0 Å². The second kappa shape index (κ2) is 30.6. The van der Waals surface area contributed by atoms with E-state index < -0.39 is 0 Å². The van der Waals surface area contributed by atoms with Crippen LogP contribution >= 0.6 is 0 Å². The highest BCUT2D eigenvalue weighted by Crippen LogP contribution is 1.74. The maximum absolute atomic E-state index is 3.78. The number of pyridine rings is 1. The van der Waals surface area contributed by atoms with Gasteiger partial charge in [0.1, 0.15) is 25.3 Å². The van der Waals surface area contributed by atoms with Gasteiger partial charge in [0.25, 0.3) is 0 Å². The lowest BCUT2D eigenvalue weighted by Gasteiger charge is -1.70. The Balaban J connectivity index is 0.000000245. The first-order chi connectivity index (χ1) is 21.0. The molecular formula is C26H26N16. The molecule has 210 valence electrons. The fourth-order valence-electron chi connectivity index (χ4n) is 1.69. The van der Waals surface area contributed by atoms with Gasteiger partial charge >= 0.3 is 0 Å². The molecule has 0 fully saturated rings. The molecule has 0 atom stereocenters. The molecule has 0 radical (unpaired) electrons. The Morgan fingerprint density at radius 2 is 0.500 bits per heavy atom. The maximum Gasteiger partial charge on any atom is 0.119 e. The zero-order valence-corrected chi connectivity index (χ0v) is 22.2. The van der Waals surface area contributed by atoms with Gasteiger partial charge in [-0.15, -0.1) is 20.4 Å². The first kappa shape index (κ1) is 33.4. The summed E-state index contributed by atoms with van der Waals surface area (Å²) >= 11 is 0. The van der Waals surface area contributed by atoms with Crippen LogP contribution in [0.1, 0.15) is 0 Å². The SMILES string of the molecule is c1ccncc1.c1ccnnc1.c1cnccn1.c1cncnc1.c1cnnnc1.c1cnnnc1.c1ncncn1. The lowest BCUT2D eigenvalue weighted by Crippen LogP contribution is -1.78. The minimum Gasteiger partial charge on any atom is -0.265 e. The Bertz CT molecular complexity index is 854. The number of hydrogen-bond acceptors (Lipinski definition) is 16. The van der Waals surface area contributed by atoms with Crippen molar-refractivity contribution in [3.8, 4) is 0 Å². The third kappa shape index (κ3) is 28.0. The summed E-state index contributed by atoms with van der Waals surface area (Å²) in [7, 11) is 0. The lowest BCUT2D eigenvalue weighted by atomic mass is 10.5. The van der Waals surface area contributed by atoms with Crippen LogP contribution in [0.3, 0.4) is 0 Å². The first-order valence-corrected chi connectivity index (χ1v) is 11.7. The van der Waals surface area contributed by atoms with Crippen LogP contribution in [0.15, 0.2) is 161 Å². The Labute approximate surface area is 241 Å². The highest BCUT2D eigenvalue weighted by atomic mass is 15.3. The van der Waals surface area contributed by atoms with E-state index in [9.17, 15) is 0 Å². The predicted molar refractivity (Wildman–Crippen MR) is 150 cm³/mol. The van der Waals surface area contributed by atoms with E-state index in [-0.39, 0.29) is 0 Å². The molecule has 0 saturated carbocycles. The topological polar surface area (TPSA) is 206 Å². The molecule has 0 aliphatic rings. The fraction of sp³-hybridized carbons (Fsp3) is 0. The van der Waals surface area contributed by atoms with E-state index in [1.54, 1.807) is 105 Å². The Kier molecular flexibility index (Phi) is 24.4. The van der Waals surface area contributed by atoms with E-state index in [1.165, 1.54) is 25.3 Å². The summed E-state index contributed by atoms with van der Waals surface area (Å²) in [5.74, 6) is 0. The van der Waals surface area contributed by atoms with E-state index in [1.807, 2.05) is 30.3 Å². The molecule has 7 aromatic heterocycles. The van der Waals surface area contributed by atoms with Gasteiger partial charge in [-0.1, -0.05) is 6.07 Å². The minimum absolute atomic E-state index is 1.44. The van der Waals surface area contributed by atoms with Gasteiger partial charge in [-0.3, -0.25) is 15.0 Å². The third-order valence-electron chi connectivity index (χ3n) is 3.22. The fourth-order valence-corrected chi connectivity index (χ4v) is 1.69. The monoisotopic (exact) mass is 562 g/mol. The smallest absolute Gasteiger partial charge is 0.119 e. The van der Waals surface area contributed by atoms with Gasteiger partial charge in [0.2, 0.25) is 0 Å². The molecule has 0 saturated heterocycles. The first-order valence-electron chi connectivity index (χ1n) is 11.7. The van der Waals surface area contributed by atoms with Crippen LogP contribution in [0.2, 0.25) is 0 Å². The molecule has 16 heteroatoms. The van der Waals surface area contributed by atoms with Gasteiger partial charge in [-0.05, 0) is 52.9 Å². The quantitative estimate of drug-likeness (QED) is 0.259. The molecule has 0 aromatic carbocycles. The van der Waals surface area contributed by atoms with Crippen molar-refractivity contribution in [2.75, 3.05) is 0 Å². The zero-order chi connectivity index (χ0) is 29.7. The van der Waals surface area contributed by atoms with Gasteiger partial charge in [-0.25, -0.2) is 24.9 Å². The summed E-state index contributed by atoms with van der Waals surface area (Å²) in [6.45, 7) is 0. The van der Waals surface area contributed by atoms with E-state index in [0.29, 0.717) is 0 Å². The second-order valence-electron chi connectivity index (χ2n) is 6.15. The molecule has 0 bridgehead atoms. The Morgan fingerprint density at radius 1 is 0.190 bits per heavy atom. The summed E-state index contributed by atoms with van der Waals surface area (Å²) in [4.78, 5) is 29.3. The van der Waals surface area contributed by atoms with Gasteiger partial charge in [0, 0.05) is 62.0 Å². The van der Waals surface area contributed by atoms with Crippen molar-refractivity contribution in [2.45, 2.75) is 0 Å². The van der Waals surface area contributed by atoms with Crippen LogP contribution in [-0.4, -0.2) is 80.9 Å². The van der Waals surface area contributed by atoms with Crippen LogP contribution in [0.4, 0.5) is 0 Å². The molecule has 42 heavy (non-hydrogen) atoms. The average molecular weight is 563 g/mol. The second-order valence-corrected chi connectivity index (χ2v) is 6.15. The van der Waals surface area contributed by atoms with Crippen molar-refractivity contribution in [1.29, 1.82) is 0 Å². The third-order valence-corrected chi connectivity index (χ3v) is 3.22. The normalized spacial score (nSPS) is 8.00. The average Bonchev–Trinajstić information content (AvgIpc) is 3.15. The summed E-state index contributed by atoms with van der Waals surface area (Å²) in [6.07, 6.45) is 28.8. The molecule has 16 nitrogen and oxygen atoms in total. The number of aromatic nitrogens is 16. The van der Waals surface area contributed by atoms with Crippen LogP contribution in [0, 0.1) is 0 Å². The summed E-state index contributed by atoms with van der Waals surface area (Å²) in [5, 5.41) is 27.3. The Morgan fingerprint density at radius 3 is 0.643 bits per heavy atom. The number of hydrogen-bond donors (Lipinski definition) is 0. The Hall–Kier alpha value is -6.58. The van der Waals surface area contributed by atoms with Crippen LogP contribution in [0.5, 0.6) is 0 Å². The molecule has 0 unspecified atom stereocenters. The van der Waals surface area contributed by atoms with E-state index in [2.05, 4.69) is 80.9 Å². The van der Waals surface area contributed by atoms with Gasteiger partial charge < -0.3 is 0 Å². The molecule has 7 rings (SSSR count). The van der Waals surface area contributed by atoms with E-state index >= 15 is 0 Å². The highest BCUT2D eigenvalue weighted by molar-refractivity contribution is 4.88. The van der Waals surface area contributed by atoms with Gasteiger partial charge in [-0.2, -0.15) is 10.2 Å². The summed E-state index contributed by atoms with van der Waals surface area (Å²) in [5.41, 5.74) is 0. The van der Waals surface area contributed by atoms with Gasteiger partial charge in [0.05, 0.1) is 24.8 Å². The van der Waals surface area contributed by atoms with Crippen molar-refractivity contribution < 1.29 is 0 Å². The van der Waals surface area contributed by atoms with Crippen molar-refractivity contribution >= 4 is 0 Å². The molecule has 0 amide bonds. The van der Waals surface area contributed by atoms with Crippen LogP contribution in [-0.2, 0) is 0 Å². The minimum atomic E-state index is 1.44. The van der Waals surface area contributed by atoms with Crippen molar-refractivity contribution in [3.05, 3.63) is 161 Å². The molecule has 7 aromatic rings. The predicted octanol–water partition coefficient (Wildman–Crippen LogP) is 2.13. The zero-order valence-electron chi connectivity index (χ0n) is 22.2. The number of rotatable bonds is 0. The van der Waals surface area contributed by atoms with E-state index in [4.69, 9.17) is 0 Å². The lowest BCUT2D eigenvalue weighted by molar-refractivity contribution is 0.865. The van der Waals surface area contributed by atoms with Crippen molar-refractivity contribution in [1.82, 2.24) is 80.9 Å². The van der Waals surface area contributed by atoms with Crippen LogP contribution in [0.25, 0.3) is 0 Å². The maximum atomic E-state index is 3.78. The standard InChI is InChI=1S/C5H5N.3C4H4N2.3C3H3N3/c1-2-4-6-5-3-1;1-2-6-4-3-5-1;1-2-5-4-6-3-1;1-2-4-6-5-3-1;1-4-2-6-3-5-1;2*1-2-4-6-5-3-1/h1-5H;3*1-4H;3*1-3H. The van der Waals surface area contributed by atoms with Crippen LogP contribution < -0.4 is 0 Å². The largest absolute Gasteiger partial charge is 0.265 e. The molecule has 0 aliphatic heterocycles. The van der Waals surface area contributed by atoms with E-state index in [0.717, 1.165) is 0 Å². The van der Waals surface area contributed by atoms with Crippen molar-refractivity contribution in [2.24, 2.45) is 0 Å². The molecule has 0 aliphatic carbocycles. The molecule has 0 spiro atoms. The summed E-state index contributed by atoms with van der Waals surface area (Å²) in [6, 6.07) is 14.6.